The minimum absolute atomic E-state index is 0.428. The molecular weight excluding hydrogens is 152 g/mol. The second-order valence-electron chi connectivity index (χ2n) is 2.82. The van der Waals surface area contributed by atoms with Gasteiger partial charge in [0.1, 0.15) is 0 Å². The molecule has 2 nitrogen and oxygen atoms in total. The zero-order valence-electron chi connectivity index (χ0n) is 7.29. The molecule has 0 aliphatic carbocycles. The molecular formula is C10H12O2. The van der Waals surface area contributed by atoms with Crippen LogP contribution in [0.3, 0.4) is 0 Å². The minimum atomic E-state index is -0.837. The Hall–Kier alpha value is -1.31. The molecule has 1 rings (SSSR count). The molecule has 0 unspecified atom stereocenters. The molecule has 12 heavy (non-hydrogen) atoms. The number of benzene rings is 1. The summed E-state index contributed by atoms with van der Waals surface area (Å²) in [6.07, 6.45) is 0.766. The van der Waals surface area contributed by atoms with Crippen LogP contribution in [0.2, 0.25) is 0 Å². The third-order valence-corrected chi connectivity index (χ3v) is 1.88. The highest BCUT2D eigenvalue weighted by atomic mass is 16.4. The first-order valence-electron chi connectivity index (χ1n) is 3.98. The van der Waals surface area contributed by atoms with Crippen molar-refractivity contribution in [3.63, 3.8) is 0 Å². The summed E-state index contributed by atoms with van der Waals surface area (Å²) in [6, 6.07) is 5.52. The zero-order chi connectivity index (χ0) is 9.14. The van der Waals surface area contributed by atoms with E-state index in [-0.39, 0.29) is 0 Å². The molecule has 64 valence electrons. The average molecular weight is 164 g/mol. The number of carboxylic acid groups (broad SMARTS) is 1. The molecule has 0 radical (unpaired) electrons. The monoisotopic (exact) mass is 164 g/mol. The van der Waals surface area contributed by atoms with Gasteiger partial charge in [-0.05, 0) is 25.0 Å². The molecule has 1 aromatic rings. The lowest BCUT2D eigenvalue weighted by molar-refractivity contribution is 0.0695. The Balaban J connectivity index is 3.21. The van der Waals surface area contributed by atoms with E-state index < -0.39 is 5.97 Å². The molecule has 0 spiro atoms. The molecule has 0 bridgehead atoms. The summed E-state index contributed by atoms with van der Waals surface area (Å²) in [4.78, 5) is 10.7. The van der Waals surface area contributed by atoms with Gasteiger partial charge < -0.3 is 5.11 Å². The summed E-state index contributed by atoms with van der Waals surface area (Å²) in [7, 11) is 0. The topological polar surface area (TPSA) is 37.3 Å². The van der Waals surface area contributed by atoms with Crippen molar-refractivity contribution in [3.8, 4) is 0 Å². The van der Waals surface area contributed by atoms with Crippen molar-refractivity contribution in [1.82, 2.24) is 0 Å². The maximum atomic E-state index is 10.7. The average Bonchev–Trinajstić information content (AvgIpc) is 2.04. The summed E-state index contributed by atoms with van der Waals surface area (Å²) < 4.78 is 0. The van der Waals surface area contributed by atoms with Gasteiger partial charge in [0.2, 0.25) is 0 Å². The molecule has 0 aromatic heterocycles. The summed E-state index contributed by atoms with van der Waals surface area (Å²) in [5, 5.41) is 8.82. The van der Waals surface area contributed by atoms with Crippen LogP contribution in [0.15, 0.2) is 18.2 Å². The number of hydrogen-bond donors (Lipinski definition) is 1. The fourth-order valence-electron chi connectivity index (χ4n) is 1.20. The van der Waals surface area contributed by atoms with Crippen LogP contribution >= 0.6 is 0 Å². The van der Waals surface area contributed by atoms with E-state index in [9.17, 15) is 4.79 Å². The van der Waals surface area contributed by atoms with Gasteiger partial charge in [-0.2, -0.15) is 0 Å². The number of aromatic carboxylic acids is 1. The molecule has 0 fully saturated rings. The van der Waals surface area contributed by atoms with E-state index in [1.807, 2.05) is 26.0 Å². The third-order valence-electron chi connectivity index (χ3n) is 1.88. The van der Waals surface area contributed by atoms with Crippen LogP contribution < -0.4 is 0 Å². The Kier molecular flexibility index (Phi) is 2.48. The number of rotatable bonds is 2. The van der Waals surface area contributed by atoms with E-state index in [1.54, 1.807) is 6.07 Å². The number of carbonyl (C=O) groups is 1. The molecule has 2 heteroatoms. The highest BCUT2D eigenvalue weighted by molar-refractivity contribution is 5.89. The summed E-state index contributed by atoms with van der Waals surface area (Å²) >= 11 is 0. The van der Waals surface area contributed by atoms with Gasteiger partial charge in [0.15, 0.2) is 0 Å². The van der Waals surface area contributed by atoms with Crippen molar-refractivity contribution < 1.29 is 9.90 Å². The van der Waals surface area contributed by atoms with E-state index in [0.29, 0.717) is 5.56 Å². The van der Waals surface area contributed by atoms with Gasteiger partial charge in [0, 0.05) is 0 Å². The van der Waals surface area contributed by atoms with Gasteiger partial charge in [-0.1, -0.05) is 24.6 Å². The predicted octanol–water partition coefficient (Wildman–Crippen LogP) is 2.26. The van der Waals surface area contributed by atoms with E-state index in [1.165, 1.54) is 0 Å². The van der Waals surface area contributed by atoms with Crippen molar-refractivity contribution in [2.75, 3.05) is 0 Å². The van der Waals surface area contributed by atoms with Gasteiger partial charge in [0.25, 0.3) is 0 Å². The lowest BCUT2D eigenvalue weighted by Crippen LogP contribution is -2.01. The van der Waals surface area contributed by atoms with Gasteiger partial charge in [-0.3, -0.25) is 0 Å². The smallest absolute Gasteiger partial charge is 0.335 e. The molecule has 0 saturated carbocycles. The molecule has 0 saturated heterocycles. The van der Waals surface area contributed by atoms with Crippen molar-refractivity contribution in [2.24, 2.45) is 0 Å². The number of aryl methyl sites for hydroxylation is 2. The van der Waals surface area contributed by atoms with Crippen LogP contribution in [0, 0.1) is 6.92 Å². The number of hydrogen-bond acceptors (Lipinski definition) is 1. The van der Waals surface area contributed by atoms with E-state index in [4.69, 9.17) is 5.11 Å². The highest BCUT2D eigenvalue weighted by Crippen LogP contribution is 2.12. The van der Waals surface area contributed by atoms with Crippen molar-refractivity contribution >= 4 is 5.97 Å². The normalized spacial score (nSPS) is 9.83. The maximum absolute atomic E-state index is 10.7. The van der Waals surface area contributed by atoms with Gasteiger partial charge in [-0.15, -0.1) is 0 Å². The van der Waals surface area contributed by atoms with Crippen LogP contribution in [-0.4, -0.2) is 11.1 Å². The maximum Gasteiger partial charge on any atom is 0.335 e. The largest absolute Gasteiger partial charge is 0.478 e. The summed E-state index contributed by atoms with van der Waals surface area (Å²) in [6.45, 7) is 3.85. The van der Waals surface area contributed by atoms with Gasteiger partial charge in [0.05, 0.1) is 5.56 Å². The van der Waals surface area contributed by atoms with Crippen LogP contribution in [-0.2, 0) is 6.42 Å². The Morgan fingerprint density at radius 3 is 2.67 bits per heavy atom. The zero-order valence-corrected chi connectivity index (χ0v) is 7.29. The second-order valence-corrected chi connectivity index (χ2v) is 2.82. The molecule has 0 amide bonds. The lowest BCUT2D eigenvalue weighted by Gasteiger charge is -2.03. The third kappa shape index (κ3) is 1.64. The van der Waals surface area contributed by atoms with Crippen molar-refractivity contribution in [3.05, 3.63) is 34.9 Å². The van der Waals surface area contributed by atoms with Crippen LogP contribution in [0.4, 0.5) is 0 Å². The van der Waals surface area contributed by atoms with E-state index in [0.717, 1.165) is 17.5 Å². The van der Waals surface area contributed by atoms with E-state index >= 15 is 0 Å². The van der Waals surface area contributed by atoms with E-state index in [2.05, 4.69) is 0 Å². The van der Waals surface area contributed by atoms with Crippen LogP contribution in [0.1, 0.15) is 28.4 Å². The quantitative estimate of drug-likeness (QED) is 0.727. The first-order chi connectivity index (χ1) is 5.65. The standard InChI is InChI=1S/C10H12O2/c1-3-8-5-4-7(2)6-9(8)10(11)12/h4-6H,3H2,1-2H3,(H,11,12). The first-order valence-corrected chi connectivity index (χ1v) is 3.98. The Bertz CT molecular complexity index is 303. The highest BCUT2D eigenvalue weighted by Gasteiger charge is 2.07. The van der Waals surface area contributed by atoms with Crippen molar-refractivity contribution in [2.45, 2.75) is 20.3 Å². The molecule has 0 heterocycles. The first kappa shape index (κ1) is 8.78. The summed E-state index contributed by atoms with van der Waals surface area (Å²) in [5.41, 5.74) is 2.32. The molecule has 0 aliphatic rings. The second kappa shape index (κ2) is 3.39. The van der Waals surface area contributed by atoms with Crippen molar-refractivity contribution in [1.29, 1.82) is 0 Å². The number of carboxylic acids is 1. The van der Waals surface area contributed by atoms with Gasteiger partial charge in [-0.25, -0.2) is 4.79 Å². The molecule has 0 aliphatic heterocycles. The SMILES string of the molecule is CCc1ccc(C)cc1C(=O)O. The molecule has 1 N–H and O–H groups in total. The van der Waals surface area contributed by atoms with Crippen LogP contribution in [0.25, 0.3) is 0 Å². The summed E-state index contributed by atoms with van der Waals surface area (Å²) in [5.74, 6) is -0.837. The van der Waals surface area contributed by atoms with Crippen LogP contribution in [0.5, 0.6) is 0 Å². The Morgan fingerprint density at radius 2 is 2.17 bits per heavy atom. The fraction of sp³-hybridized carbons (Fsp3) is 0.300. The predicted molar refractivity (Wildman–Crippen MR) is 47.5 cm³/mol. The Morgan fingerprint density at radius 1 is 1.50 bits per heavy atom. The van der Waals surface area contributed by atoms with Gasteiger partial charge >= 0.3 is 5.97 Å². The molecule has 1 aromatic carbocycles. The lowest BCUT2D eigenvalue weighted by atomic mass is 10.0. The minimum Gasteiger partial charge on any atom is -0.478 e. The Labute approximate surface area is 71.8 Å². The fourth-order valence-corrected chi connectivity index (χ4v) is 1.20. The molecule has 0 atom stereocenters.